The summed E-state index contributed by atoms with van der Waals surface area (Å²) in [5, 5.41) is 18.3. The van der Waals surface area contributed by atoms with Gasteiger partial charge >= 0.3 is 11.9 Å². The first-order chi connectivity index (χ1) is 28.6. The smallest absolute Gasteiger partial charge is 0.309 e. The fourth-order valence-electron chi connectivity index (χ4n) is 8.39. The number of likely N-dealkylation sites (N-methyl/N-ethyl adjacent to an activating group) is 1. The van der Waals surface area contributed by atoms with E-state index in [9.17, 15) is 33.5 Å². The zero-order valence-corrected chi connectivity index (χ0v) is 39.1. The molecule has 0 aliphatic carbocycles. The molecule has 2 aromatic rings. The van der Waals surface area contributed by atoms with Crippen LogP contribution in [0, 0.1) is 23.1 Å². The number of Topliss-reactive ketones (excluding diaryl/α,β-unsaturated/α-hetero) is 1. The molecule has 15 heteroatoms. The van der Waals surface area contributed by atoms with Crippen molar-refractivity contribution in [3.8, 4) is 0 Å². The maximum absolute atomic E-state index is 14.4. The Morgan fingerprint density at radius 2 is 1.87 bits per heavy atom. The lowest BCUT2D eigenvalue weighted by Gasteiger charge is -2.44. The molecule has 61 heavy (non-hydrogen) atoms. The van der Waals surface area contributed by atoms with Crippen molar-refractivity contribution >= 4 is 46.9 Å². The third-order valence-electron chi connectivity index (χ3n) is 12.9. The Balaban J connectivity index is 1.96. The first kappa shape index (κ1) is 51.6. The van der Waals surface area contributed by atoms with E-state index in [0.717, 1.165) is 51.4 Å². The molecule has 1 aliphatic rings. The highest BCUT2D eigenvalue weighted by Crippen LogP contribution is 2.34. The standard InChI is InChI=1S/C46H73FN6O7S/c1-11-13-14-15-21-53(28-46(29-54,31(5)12-2)49-26-40(56)45(9)19-16-20-52(45)10)38(30(3)4)24-39(60-32(6)55)42-51-37(27-61-42)41(57)50-34(25-44(7,8)43(58)59)22-33-17-18-36(48)35(47)23-33/h17-18,23,27,29-31,34,38-39,49H,11-16,19-22,24-26,28,48H2,1-10H3,(H,50,57)(H,58,59)/t31-,34-,38+,39+,45+,46-/m0/s1. The molecule has 5 N–H and O–H groups in total. The van der Waals surface area contributed by atoms with Gasteiger partial charge < -0.3 is 25.7 Å². The van der Waals surface area contributed by atoms with Crippen LogP contribution in [0.1, 0.15) is 147 Å². The van der Waals surface area contributed by atoms with Gasteiger partial charge in [0.25, 0.3) is 5.91 Å². The summed E-state index contributed by atoms with van der Waals surface area (Å²) in [6, 6.07) is 3.45. The van der Waals surface area contributed by atoms with Crippen LogP contribution < -0.4 is 16.4 Å². The molecule has 1 aromatic heterocycles. The number of hydrogen-bond acceptors (Lipinski definition) is 12. The molecule has 6 atom stereocenters. The van der Waals surface area contributed by atoms with Crippen LogP contribution in [0.2, 0.25) is 0 Å². The Kier molecular flexibility index (Phi) is 19.5. The van der Waals surface area contributed by atoms with E-state index in [1.54, 1.807) is 25.3 Å². The summed E-state index contributed by atoms with van der Waals surface area (Å²) in [7, 11) is 1.97. The van der Waals surface area contributed by atoms with Gasteiger partial charge in [0, 0.05) is 37.4 Å². The molecule has 13 nitrogen and oxygen atoms in total. The fraction of sp³-hybridized carbons (Fsp3) is 0.696. The molecule has 2 heterocycles. The van der Waals surface area contributed by atoms with Gasteiger partial charge in [-0.15, -0.1) is 11.3 Å². The van der Waals surface area contributed by atoms with E-state index in [1.165, 1.54) is 30.4 Å². The predicted molar refractivity (Wildman–Crippen MR) is 239 cm³/mol. The van der Waals surface area contributed by atoms with Crippen molar-refractivity contribution in [2.75, 3.05) is 39.0 Å². The number of nitrogen functional groups attached to an aromatic ring is 1. The van der Waals surface area contributed by atoms with Crippen LogP contribution in [0.4, 0.5) is 10.1 Å². The molecule has 1 aliphatic heterocycles. The van der Waals surface area contributed by atoms with E-state index < -0.39 is 52.3 Å². The molecule has 3 rings (SSSR count). The van der Waals surface area contributed by atoms with Gasteiger partial charge in [-0.2, -0.15) is 0 Å². The van der Waals surface area contributed by atoms with E-state index in [0.29, 0.717) is 36.5 Å². The fourth-order valence-corrected chi connectivity index (χ4v) is 9.23. The molecule has 1 amide bonds. The summed E-state index contributed by atoms with van der Waals surface area (Å²) in [5.74, 6) is -2.71. The molecule has 1 fully saturated rings. The molecule has 0 spiro atoms. The van der Waals surface area contributed by atoms with Crippen molar-refractivity contribution in [1.82, 2.24) is 25.4 Å². The number of benzene rings is 1. The number of ether oxygens (including phenoxy) is 1. The van der Waals surface area contributed by atoms with Gasteiger partial charge in [0.15, 0.2) is 11.9 Å². The second-order valence-electron chi connectivity index (χ2n) is 18.4. The number of amides is 1. The summed E-state index contributed by atoms with van der Waals surface area (Å²) < 4.78 is 20.3. The van der Waals surface area contributed by atoms with Gasteiger partial charge in [-0.05, 0) is 103 Å². The Labute approximate surface area is 367 Å². The minimum absolute atomic E-state index is 0.0178. The number of carbonyl (C=O) groups is 5. The Bertz CT molecular complexity index is 1790. The highest BCUT2D eigenvalue weighted by Gasteiger charge is 2.44. The zero-order valence-electron chi connectivity index (χ0n) is 38.3. The van der Waals surface area contributed by atoms with Crippen LogP contribution in [0.5, 0.6) is 0 Å². The van der Waals surface area contributed by atoms with Crippen molar-refractivity contribution in [3.05, 3.63) is 45.7 Å². The number of rotatable bonds is 27. The number of halogens is 1. The minimum Gasteiger partial charge on any atom is -0.481 e. The largest absolute Gasteiger partial charge is 0.481 e. The molecule has 0 unspecified atom stereocenters. The number of aromatic nitrogens is 1. The summed E-state index contributed by atoms with van der Waals surface area (Å²) in [5.41, 5.74) is 3.43. The van der Waals surface area contributed by atoms with Crippen molar-refractivity contribution in [1.29, 1.82) is 0 Å². The molecule has 1 saturated heterocycles. The molecule has 342 valence electrons. The number of carboxylic acid groups (broad SMARTS) is 1. The number of esters is 1. The van der Waals surface area contributed by atoms with E-state index in [2.05, 4.69) is 46.2 Å². The van der Waals surface area contributed by atoms with Gasteiger partial charge in [0.2, 0.25) is 0 Å². The van der Waals surface area contributed by atoms with Gasteiger partial charge in [-0.1, -0.05) is 66.4 Å². The van der Waals surface area contributed by atoms with Crippen LogP contribution in [0.15, 0.2) is 23.6 Å². The van der Waals surface area contributed by atoms with Crippen molar-refractivity contribution in [2.45, 2.75) is 156 Å². The third-order valence-corrected chi connectivity index (χ3v) is 13.8. The Morgan fingerprint density at radius 1 is 1.16 bits per heavy atom. The number of aliphatic carboxylic acids is 1. The van der Waals surface area contributed by atoms with Crippen molar-refractivity contribution < 1.29 is 38.2 Å². The van der Waals surface area contributed by atoms with Crippen molar-refractivity contribution in [2.24, 2.45) is 17.3 Å². The zero-order chi connectivity index (χ0) is 45.7. The first-order valence-corrected chi connectivity index (χ1v) is 22.9. The van der Waals surface area contributed by atoms with E-state index in [-0.39, 0.29) is 54.4 Å². The lowest BCUT2D eigenvalue weighted by atomic mass is 9.82. The molecular formula is C46H73FN6O7S. The molecule has 0 saturated carbocycles. The lowest BCUT2D eigenvalue weighted by Crippen LogP contribution is -2.63. The quantitative estimate of drug-likeness (QED) is 0.0306. The first-order valence-electron chi connectivity index (χ1n) is 22.0. The number of hydrogen-bond donors (Lipinski definition) is 4. The van der Waals surface area contributed by atoms with Gasteiger partial charge in [-0.3, -0.25) is 34.3 Å². The summed E-state index contributed by atoms with van der Waals surface area (Å²) >= 11 is 1.18. The summed E-state index contributed by atoms with van der Waals surface area (Å²) in [6.07, 6.45) is 7.12. The maximum Gasteiger partial charge on any atom is 0.309 e. The Morgan fingerprint density at radius 3 is 2.43 bits per heavy atom. The van der Waals surface area contributed by atoms with Crippen LogP contribution in [-0.2, 0) is 30.3 Å². The second kappa shape index (κ2) is 23.1. The monoisotopic (exact) mass is 873 g/mol. The number of carbonyl (C=O) groups excluding carboxylic acids is 4. The van der Waals surface area contributed by atoms with E-state index in [1.807, 2.05) is 27.8 Å². The Hall–Kier alpha value is -3.79. The average Bonchev–Trinajstić information content (AvgIpc) is 3.83. The number of nitrogens with one attached hydrogen (secondary N) is 2. The average molecular weight is 873 g/mol. The van der Waals surface area contributed by atoms with Gasteiger partial charge in [-0.25, -0.2) is 9.37 Å². The van der Waals surface area contributed by atoms with Crippen LogP contribution in [0.25, 0.3) is 0 Å². The molecular weight excluding hydrogens is 800 g/mol. The van der Waals surface area contributed by atoms with Crippen LogP contribution in [-0.4, -0.2) is 106 Å². The van der Waals surface area contributed by atoms with Crippen LogP contribution >= 0.6 is 11.3 Å². The maximum atomic E-state index is 14.4. The van der Waals surface area contributed by atoms with Gasteiger partial charge in [0.1, 0.15) is 22.8 Å². The molecule has 1 aromatic carbocycles. The van der Waals surface area contributed by atoms with E-state index >= 15 is 0 Å². The number of anilines is 1. The number of nitrogens with zero attached hydrogens (tertiary/aromatic N) is 3. The number of likely N-dealkylation sites (tertiary alicyclic amines) is 1. The number of thiazole rings is 1. The summed E-state index contributed by atoms with van der Waals surface area (Å²) in [4.78, 5) is 74.9. The molecule has 0 radical (unpaired) electrons. The van der Waals surface area contributed by atoms with Crippen LogP contribution in [0.3, 0.4) is 0 Å². The minimum atomic E-state index is -1.21. The highest BCUT2D eigenvalue weighted by molar-refractivity contribution is 7.09. The highest BCUT2D eigenvalue weighted by atomic mass is 32.1. The molecule has 0 bridgehead atoms. The van der Waals surface area contributed by atoms with Gasteiger partial charge in [0.05, 0.1) is 28.7 Å². The predicted octanol–water partition coefficient (Wildman–Crippen LogP) is 7.23. The number of ketones is 1. The topological polar surface area (TPSA) is 184 Å². The normalized spacial score (nSPS) is 19.0. The second-order valence-corrected chi connectivity index (χ2v) is 19.3. The SMILES string of the molecule is CCCCCCN(C[C@@](C=O)(NCC(=O)[C@@]1(C)CCCN1C)[C@@H](C)CC)[C@H](C[C@@H](OC(C)=O)c1nc(C(=O)N[C@@H](Cc2ccc(N)c(F)c2)CC(C)(C)C(=O)O)cs1)C(C)C. The van der Waals surface area contributed by atoms with Crippen molar-refractivity contribution in [3.63, 3.8) is 0 Å². The van der Waals surface area contributed by atoms with E-state index in [4.69, 9.17) is 10.5 Å². The summed E-state index contributed by atoms with van der Waals surface area (Å²) in [6.45, 7) is 18.8. The number of nitrogens with two attached hydrogens (primary N) is 1. The number of unbranched alkanes of at least 4 members (excludes halogenated alkanes) is 3. The number of aldehydes is 1. The lowest BCUT2D eigenvalue weighted by molar-refractivity contribution is -0.148. The number of carboxylic acids is 1. The third kappa shape index (κ3) is 14.1.